The summed E-state index contributed by atoms with van der Waals surface area (Å²) < 4.78 is 27.5. The molecule has 0 saturated carbocycles. The Morgan fingerprint density at radius 1 is 1.10 bits per heavy atom. The molecule has 0 radical (unpaired) electrons. The molecule has 0 aliphatic carbocycles. The van der Waals surface area contributed by atoms with Gasteiger partial charge in [0, 0.05) is 16.6 Å². The molecule has 1 unspecified atom stereocenters. The summed E-state index contributed by atoms with van der Waals surface area (Å²) in [6, 6.07) is 9.28. The largest absolute Gasteiger partial charge is 0.313 e. The number of likely N-dealkylation sites (N-methyl/N-ethyl adjacent to an activating group) is 1. The fourth-order valence-corrected chi connectivity index (χ4v) is 2.48. The summed E-state index contributed by atoms with van der Waals surface area (Å²) in [6.07, 6.45) is 0.232. The highest BCUT2D eigenvalue weighted by molar-refractivity contribution is 6.31. The summed E-state index contributed by atoms with van der Waals surface area (Å²) >= 11 is 6.10. The van der Waals surface area contributed by atoms with Crippen molar-refractivity contribution in [2.75, 3.05) is 7.05 Å². The lowest BCUT2D eigenvalue weighted by atomic mass is 9.95. The minimum atomic E-state index is -0.523. The monoisotopic (exact) mass is 295 g/mol. The Morgan fingerprint density at radius 3 is 2.30 bits per heavy atom. The van der Waals surface area contributed by atoms with E-state index < -0.39 is 11.6 Å². The smallest absolute Gasteiger partial charge is 0.129 e. The normalized spacial score (nSPS) is 12.4. The molecule has 0 aliphatic rings. The molecule has 0 aromatic heterocycles. The Balaban J connectivity index is 2.37. The molecule has 2 aromatic rings. The SMILES string of the molecule is CNC(Cc1c(F)cccc1F)c1cccc(Cl)c1C. The third kappa shape index (κ3) is 3.00. The van der Waals surface area contributed by atoms with Crippen LogP contribution in [-0.4, -0.2) is 7.05 Å². The summed E-state index contributed by atoms with van der Waals surface area (Å²) in [5.74, 6) is -1.05. The van der Waals surface area contributed by atoms with Crippen LogP contribution in [-0.2, 0) is 6.42 Å². The molecule has 20 heavy (non-hydrogen) atoms. The highest BCUT2D eigenvalue weighted by atomic mass is 35.5. The maximum atomic E-state index is 13.7. The van der Waals surface area contributed by atoms with E-state index in [1.165, 1.54) is 18.2 Å². The van der Waals surface area contributed by atoms with Gasteiger partial charge in [0.15, 0.2) is 0 Å². The zero-order valence-corrected chi connectivity index (χ0v) is 12.1. The van der Waals surface area contributed by atoms with Gasteiger partial charge in [0.1, 0.15) is 11.6 Å². The van der Waals surface area contributed by atoms with Crippen molar-refractivity contribution < 1.29 is 8.78 Å². The van der Waals surface area contributed by atoms with Crippen LogP contribution in [0.4, 0.5) is 8.78 Å². The van der Waals surface area contributed by atoms with Gasteiger partial charge >= 0.3 is 0 Å². The molecule has 0 aliphatic heterocycles. The molecule has 0 spiro atoms. The second-order valence-electron chi connectivity index (χ2n) is 4.70. The Kier molecular flexibility index (Phi) is 4.73. The lowest BCUT2D eigenvalue weighted by Gasteiger charge is -2.20. The van der Waals surface area contributed by atoms with E-state index in [4.69, 9.17) is 11.6 Å². The van der Waals surface area contributed by atoms with Crippen molar-refractivity contribution in [3.63, 3.8) is 0 Å². The third-order valence-electron chi connectivity index (χ3n) is 3.50. The predicted octanol–water partition coefficient (Wildman–Crippen LogP) is 4.43. The van der Waals surface area contributed by atoms with E-state index >= 15 is 0 Å². The van der Waals surface area contributed by atoms with Gasteiger partial charge in [-0.15, -0.1) is 0 Å². The molecule has 0 fully saturated rings. The van der Waals surface area contributed by atoms with Crippen LogP contribution < -0.4 is 5.32 Å². The van der Waals surface area contributed by atoms with Gasteiger partial charge in [0.05, 0.1) is 0 Å². The molecule has 0 saturated heterocycles. The number of nitrogens with one attached hydrogen (secondary N) is 1. The number of halogens is 3. The van der Waals surface area contributed by atoms with Crippen molar-refractivity contribution in [1.29, 1.82) is 0 Å². The summed E-state index contributed by atoms with van der Waals surface area (Å²) in [5.41, 5.74) is 1.96. The van der Waals surface area contributed by atoms with Gasteiger partial charge in [-0.3, -0.25) is 0 Å². The van der Waals surface area contributed by atoms with E-state index in [1.807, 2.05) is 19.1 Å². The fraction of sp³-hybridized carbons (Fsp3) is 0.250. The van der Waals surface area contributed by atoms with Gasteiger partial charge in [-0.2, -0.15) is 0 Å². The van der Waals surface area contributed by atoms with Crippen molar-refractivity contribution in [3.05, 3.63) is 69.7 Å². The Bertz CT molecular complexity index is 593. The van der Waals surface area contributed by atoms with Crippen LogP contribution in [0.3, 0.4) is 0 Å². The first kappa shape index (κ1) is 14.9. The first-order chi connectivity index (χ1) is 9.54. The van der Waals surface area contributed by atoms with E-state index in [1.54, 1.807) is 13.1 Å². The summed E-state index contributed by atoms with van der Waals surface area (Å²) in [6.45, 7) is 1.90. The van der Waals surface area contributed by atoms with Crippen molar-refractivity contribution >= 4 is 11.6 Å². The van der Waals surface area contributed by atoms with E-state index in [0.717, 1.165) is 11.1 Å². The van der Waals surface area contributed by atoms with Crippen LogP contribution in [0, 0.1) is 18.6 Å². The highest BCUT2D eigenvalue weighted by Gasteiger charge is 2.18. The minimum absolute atomic E-state index is 0.0891. The third-order valence-corrected chi connectivity index (χ3v) is 3.91. The number of hydrogen-bond donors (Lipinski definition) is 1. The topological polar surface area (TPSA) is 12.0 Å². The first-order valence-electron chi connectivity index (χ1n) is 6.39. The quantitative estimate of drug-likeness (QED) is 0.880. The minimum Gasteiger partial charge on any atom is -0.313 e. The predicted molar refractivity (Wildman–Crippen MR) is 78.1 cm³/mol. The lowest BCUT2D eigenvalue weighted by molar-refractivity contribution is 0.514. The van der Waals surface area contributed by atoms with Crippen molar-refractivity contribution in [3.8, 4) is 0 Å². The van der Waals surface area contributed by atoms with Crippen LogP contribution in [0.1, 0.15) is 22.7 Å². The van der Waals surface area contributed by atoms with Crippen LogP contribution in [0.5, 0.6) is 0 Å². The first-order valence-corrected chi connectivity index (χ1v) is 6.77. The second-order valence-corrected chi connectivity index (χ2v) is 5.11. The molecule has 0 bridgehead atoms. The molecule has 2 rings (SSSR count). The van der Waals surface area contributed by atoms with Crippen molar-refractivity contribution in [2.45, 2.75) is 19.4 Å². The molecule has 2 aromatic carbocycles. The molecule has 0 amide bonds. The fourth-order valence-electron chi connectivity index (χ4n) is 2.30. The molecule has 4 heteroatoms. The number of hydrogen-bond acceptors (Lipinski definition) is 1. The van der Waals surface area contributed by atoms with E-state index in [0.29, 0.717) is 5.02 Å². The maximum Gasteiger partial charge on any atom is 0.129 e. The van der Waals surface area contributed by atoms with Gasteiger partial charge in [0.2, 0.25) is 0 Å². The Morgan fingerprint density at radius 2 is 1.70 bits per heavy atom. The summed E-state index contributed by atoms with van der Waals surface area (Å²) in [4.78, 5) is 0. The molecule has 0 heterocycles. The van der Waals surface area contributed by atoms with E-state index in [2.05, 4.69) is 5.32 Å². The molecular weight excluding hydrogens is 280 g/mol. The molecule has 106 valence electrons. The van der Waals surface area contributed by atoms with Gasteiger partial charge in [0.25, 0.3) is 0 Å². The van der Waals surface area contributed by atoms with Crippen LogP contribution in [0.25, 0.3) is 0 Å². The standard InChI is InChI=1S/C16H16ClF2N/c1-10-11(5-3-6-13(10)17)16(20-2)9-12-14(18)7-4-8-15(12)19/h3-8,16,20H,9H2,1-2H3. The second kappa shape index (κ2) is 6.33. The summed E-state index contributed by atoms with van der Waals surface area (Å²) in [7, 11) is 1.77. The summed E-state index contributed by atoms with van der Waals surface area (Å²) in [5, 5.41) is 3.75. The molecule has 1 atom stereocenters. The van der Waals surface area contributed by atoms with Gasteiger partial charge < -0.3 is 5.32 Å². The molecular formula is C16H16ClF2N. The van der Waals surface area contributed by atoms with Gasteiger partial charge in [-0.05, 0) is 49.7 Å². The van der Waals surface area contributed by atoms with E-state index in [-0.39, 0.29) is 18.0 Å². The average molecular weight is 296 g/mol. The Labute approximate surface area is 122 Å². The Hall–Kier alpha value is -1.45. The van der Waals surface area contributed by atoms with Gasteiger partial charge in [-0.25, -0.2) is 8.78 Å². The molecule has 1 nitrogen and oxygen atoms in total. The average Bonchev–Trinajstić information content (AvgIpc) is 2.42. The number of benzene rings is 2. The number of rotatable bonds is 4. The lowest BCUT2D eigenvalue weighted by Crippen LogP contribution is -2.21. The van der Waals surface area contributed by atoms with E-state index in [9.17, 15) is 8.78 Å². The zero-order chi connectivity index (χ0) is 14.7. The maximum absolute atomic E-state index is 13.7. The van der Waals surface area contributed by atoms with Crippen LogP contribution in [0.2, 0.25) is 5.02 Å². The highest BCUT2D eigenvalue weighted by Crippen LogP contribution is 2.27. The van der Waals surface area contributed by atoms with Gasteiger partial charge in [-0.1, -0.05) is 29.8 Å². The van der Waals surface area contributed by atoms with Crippen molar-refractivity contribution in [1.82, 2.24) is 5.32 Å². The van der Waals surface area contributed by atoms with Crippen LogP contribution >= 0.6 is 11.6 Å². The van der Waals surface area contributed by atoms with Crippen LogP contribution in [0.15, 0.2) is 36.4 Å². The zero-order valence-electron chi connectivity index (χ0n) is 11.4. The van der Waals surface area contributed by atoms with Crippen molar-refractivity contribution in [2.24, 2.45) is 0 Å². The molecule has 1 N–H and O–H groups in total.